The van der Waals surface area contributed by atoms with E-state index in [-0.39, 0.29) is 0 Å². The molecule has 0 saturated carbocycles. The summed E-state index contributed by atoms with van der Waals surface area (Å²) < 4.78 is 12.0. The minimum absolute atomic E-state index is 0.444. The molecule has 2 heterocycles. The molecule has 3 aromatic rings. The summed E-state index contributed by atoms with van der Waals surface area (Å²) in [5.74, 6) is 1.49. The molecule has 1 aromatic heterocycles. The van der Waals surface area contributed by atoms with Crippen LogP contribution in [-0.2, 0) is 6.61 Å². The lowest BCUT2D eigenvalue weighted by atomic mass is 10.2. The van der Waals surface area contributed by atoms with Crippen LogP contribution in [0.5, 0.6) is 11.5 Å². The summed E-state index contributed by atoms with van der Waals surface area (Å²) in [7, 11) is 2.17. The lowest BCUT2D eigenvalue weighted by Gasteiger charge is -2.32. The molecule has 3 N–H and O–H groups in total. The number of fused-ring (bicyclic) bond motifs is 1. The monoisotopic (exact) mass is 481 g/mol. The molecule has 1 saturated heterocycles. The van der Waals surface area contributed by atoms with E-state index in [2.05, 4.69) is 57.6 Å². The largest absolute Gasteiger partial charge is 0.493 e. The molecule has 0 amide bonds. The second-order valence-electron chi connectivity index (χ2n) is 8.74. The number of ether oxygens (including phenoxy) is 2. The van der Waals surface area contributed by atoms with E-state index in [9.17, 15) is 0 Å². The van der Waals surface area contributed by atoms with Crippen molar-refractivity contribution in [2.24, 2.45) is 0 Å². The summed E-state index contributed by atoms with van der Waals surface area (Å²) in [5, 5.41) is 8.39. The maximum absolute atomic E-state index is 6.11. The number of hydrogen-bond donors (Lipinski definition) is 3. The predicted molar refractivity (Wildman–Crippen MR) is 143 cm³/mol. The number of aromatic nitrogens is 1. The Hall–Kier alpha value is -2.81. The average molecular weight is 482 g/mol. The Labute approximate surface area is 207 Å². The van der Waals surface area contributed by atoms with E-state index < -0.39 is 0 Å². The molecule has 0 atom stereocenters. The highest BCUT2D eigenvalue weighted by Crippen LogP contribution is 2.27. The van der Waals surface area contributed by atoms with Crippen molar-refractivity contribution < 1.29 is 9.47 Å². The second-order valence-corrected chi connectivity index (χ2v) is 9.15. The smallest absolute Gasteiger partial charge is 0.170 e. The third-order valence-corrected chi connectivity index (χ3v) is 6.15. The summed E-state index contributed by atoms with van der Waals surface area (Å²) in [6, 6.07) is 16.2. The van der Waals surface area contributed by atoms with Gasteiger partial charge < -0.3 is 30.0 Å². The van der Waals surface area contributed by atoms with Crippen molar-refractivity contribution in [1.82, 2.24) is 20.1 Å². The lowest BCUT2D eigenvalue weighted by Crippen LogP contribution is -2.47. The van der Waals surface area contributed by atoms with E-state index >= 15 is 0 Å². The highest BCUT2D eigenvalue weighted by molar-refractivity contribution is 7.80. The molecule has 1 aliphatic heterocycles. The molecule has 1 fully saturated rings. The zero-order valence-electron chi connectivity index (χ0n) is 20.1. The lowest BCUT2D eigenvalue weighted by molar-refractivity contribution is 0.156. The molecule has 4 rings (SSSR count). The molecule has 182 valence electrons. The van der Waals surface area contributed by atoms with Gasteiger partial charge in [-0.25, -0.2) is 0 Å². The number of aromatic amines is 1. The summed E-state index contributed by atoms with van der Waals surface area (Å²) in [6.07, 6.45) is 0.940. The number of H-pyrrole nitrogens is 1. The highest BCUT2D eigenvalue weighted by Gasteiger charge is 2.13. The summed E-state index contributed by atoms with van der Waals surface area (Å²) in [5.41, 5.74) is 2.98. The first-order chi connectivity index (χ1) is 16.6. The fourth-order valence-electron chi connectivity index (χ4n) is 3.98. The molecular formula is C26H35N5O2S. The maximum atomic E-state index is 6.11. The average Bonchev–Trinajstić information content (AvgIpc) is 3.26. The van der Waals surface area contributed by atoms with Crippen molar-refractivity contribution in [3.8, 4) is 11.5 Å². The van der Waals surface area contributed by atoms with Gasteiger partial charge in [0.2, 0.25) is 0 Å². The Kier molecular flexibility index (Phi) is 8.62. The molecule has 0 bridgehead atoms. The summed E-state index contributed by atoms with van der Waals surface area (Å²) in [4.78, 5) is 8.23. The molecule has 7 nitrogen and oxygen atoms in total. The van der Waals surface area contributed by atoms with Crippen molar-refractivity contribution >= 4 is 33.9 Å². The van der Waals surface area contributed by atoms with Crippen LogP contribution in [0, 0.1) is 0 Å². The Morgan fingerprint density at radius 2 is 1.79 bits per heavy atom. The fraction of sp³-hybridized carbons (Fsp3) is 0.423. The van der Waals surface area contributed by atoms with Gasteiger partial charge in [-0.05, 0) is 43.2 Å². The molecular weight excluding hydrogens is 446 g/mol. The molecule has 2 aromatic carbocycles. The van der Waals surface area contributed by atoms with Gasteiger partial charge in [0, 0.05) is 68.7 Å². The van der Waals surface area contributed by atoms with E-state index in [1.54, 1.807) is 0 Å². The number of likely N-dealkylation sites (N-methyl/N-ethyl adjacent to an activating group) is 1. The van der Waals surface area contributed by atoms with E-state index in [0.29, 0.717) is 18.3 Å². The van der Waals surface area contributed by atoms with Crippen molar-refractivity contribution in [3.05, 3.63) is 54.2 Å². The van der Waals surface area contributed by atoms with E-state index in [1.165, 1.54) is 5.39 Å². The topological polar surface area (TPSA) is 64.8 Å². The van der Waals surface area contributed by atoms with Crippen molar-refractivity contribution in [2.75, 3.05) is 58.2 Å². The van der Waals surface area contributed by atoms with Crippen LogP contribution in [0.15, 0.2) is 48.5 Å². The van der Waals surface area contributed by atoms with Crippen molar-refractivity contribution in [2.45, 2.75) is 20.0 Å². The van der Waals surface area contributed by atoms with Gasteiger partial charge in [-0.2, -0.15) is 0 Å². The van der Waals surface area contributed by atoms with Gasteiger partial charge in [0.15, 0.2) is 5.11 Å². The van der Waals surface area contributed by atoms with Crippen LogP contribution in [0.2, 0.25) is 0 Å². The third-order valence-electron chi connectivity index (χ3n) is 5.90. The zero-order valence-corrected chi connectivity index (χ0v) is 20.9. The quantitative estimate of drug-likeness (QED) is 0.377. The van der Waals surface area contributed by atoms with Crippen LogP contribution in [0.1, 0.15) is 19.0 Å². The van der Waals surface area contributed by atoms with Gasteiger partial charge in [0.05, 0.1) is 12.3 Å². The van der Waals surface area contributed by atoms with Gasteiger partial charge in [0.25, 0.3) is 0 Å². The number of nitrogens with one attached hydrogen (secondary N) is 3. The summed E-state index contributed by atoms with van der Waals surface area (Å²) >= 11 is 5.54. The third kappa shape index (κ3) is 7.09. The second kappa shape index (κ2) is 12.1. The van der Waals surface area contributed by atoms with Gasteiger partial charge >= 0.3 is 0 Å². The number of rotatable bonds is 10. The minimum Gasteiger partial charge on any atom is -0.493 e. The normalized spacial score (nSPS) is 14.8. The Morgan fingerprint density at radius 3 is 2.56 bits per heavy atom. The van der Waals surface area contributed by atoms with Gasteiger partial charge in [-0.1, -0.05) is 25.1 Å². The number of piperazine rings is 1. The first-order valence-electron chi connectivity index (χ1n) is 12.0. The van der Waals surface area contributed by atoms with Crippen LogP contribution >= 0.6 is 12.2 Å². The zero-order chi connectivity index (χ0) is 23.8. The molecule has 0 spiro atoms. The van der Waals surface area contributed by atoms with Gasteiger partial charge in [0.1, 0.15) is 18.1 Å². The maximum Gasteiger partial charge on any atom is 0.170 e. The molecule has 0 radical (unpaired) electrons. The number of hydrogen-bond acceptors (Lipinski definition) is 5. The SMILES string of the molecule is CCCOc1cc(NC(=S)NCCN2CCN(C)CC2)cc(OCc2cc3ccccc3[nH]2)c1. The Balaban J connectivity index is 1.33. The number of thiocarbonyl (C=S) groups is 1. The van der Waals surface area contributed by atoms with Crippen LogP contribution in [0.3, 0.4) is 0 Å². The van der Waals surface area contributed by atoms with E-state index in [4.69, 9.17) is 21.7 Å². The predicted octanol–water partition coefficient (Wildman–Crippen LogP) is 4.07. The standard InChI is InChI=1S/C26H35N5O2S/c1-3-14-32-23-16-21(29-26(34)27-8-9-31-12-10-30(2)11-13-31)17-24(18-23)33-19-22-15-20-6-4-5-7-25(20)28-22/h4-7,15-18,28H,3,8-14,19H2,1-2H3,(H2,27,29,34). The number of nitrogens with zero attached hydrogens (tertiary/aromatic N) is 2. The van der Waals surface area contributed by atoms with Gasteiger partial charge in [-0.15, -0.1) is 0 Å². The van der Waals surface area contributed by atoms with E-state index in [0.717, 1.165) is 74.1 Å². The number of para-hydroxylation sites is 1. The van der Waals surface area contributed by atoms with Crippen LogP contribution < -0.4 is 20.1 Å². The molecule has 8 heteroatoms. The molecule has 34 heavy (non-hydrogen) atoms. The summed E-state index contributed by atoms with van der Waals surface area (Å²) in [6.45, 7) is 9.42. The first-order valence-corrected chi connectivity index (χ1v) is 12.4. The van der Waals surface area contributed by atoms with E-state index in [1.807, 2.05) is 30.3 Å². The van der Waals surface area contributed by atoms with Crippen molar-refractivity contribution in [3.63, 3.8) is 0 Å². The van der Waals surface area contributed by atoms with Crippen LogP contribution in [0.4, 0.5) is 5.69 Å². The number of benzene rings is 2. The first kappa shape index (κ1) is 24.3. The van der Waals surface area contributed by atoms with Crippen LogP contribution in [0.25, 0.3) is 10.9 Å². The highest BCUT2D eigenvalue weighted by atomic mass is 32.1. The Morgan fingerprint density at radius 1 is 1.03 bits per heavy atom. The van der Waals surface area contributed by atoms with Gasteiger partial charge in [-0.3, -0.25) is 4.90 Å². The Bertz CT molecular complexity index is 1040. The molecule has 1 aliphatic rings. The molecule has 0 aliphatic carbocycles. The van der Waals surface area contributed by atoms with Crippen molar-refractivity contribution in [1.29, 1.82) is 0 Å². The minimum atomic E-state index is 0.444. The molecule has 0 unspecified atom stereocenters. The fourth-order valence-corrected chi connectivity index (χ4v) is 4.20. The van der Waals surface area contributed by atoms with Crippen LogP contribution in [-0.4, -0.2) is 72.8 Å². The number of anilines is 1.